The van der Waals surface area contributed by atoms with Gasteiger partial charge in [0, 0.05) is 19.6 Å². The molecule has 1 aromatic rings. The van der Waals surface area contributed by atoms with Gasteiger partial charge in [-0.15, -0.1) is 0 Å². The molecule has 2 rings (SSSR count). The lowest BCUT2D eigenvalue weighted by Gasteiger charge is -2.30. The van der Waals surface area contributed by atoms with Crippen molar-refractivity contribution in [2.75, 3.05) is 19.6 Å². The fourth-order valence-electron chi connectivity index (χ4n) is 2.59. The number of aryl methyl sites for hydroxylation is 2. The molecule has 0 spiro atoms. The minimum Gasteiger partial charge on any atom is -0.342 e. The maximum Gasteiger partial charge on any atom is 0.269 e. The average Bonchev–Trinajstić information content (AvgIpc) is 2.86. The normalized spacial score (nSPS) is 16.0. The van der Waals surface area contributed by atoms with Crippen molar-refractivity contribution in [2.45, 2.75) is 40.2 Å². The molecule has 6 nitrogen and oxygen atoms in total. The molecule has 21 heavy (non-hydrogen) atoms. The van der Waals surface area contributed by atoms with Crippen molar-refractivity contribution < 1.29 is 9.59 Å². The quantitative estimate of drug-likeness (QED) is 0.906. The predicted molar refractivity (Wildman–Crippen MR) is 79.9 cm³/mol. The molecular formula is C15H24N4O2. The molecule has 1 saturated heterocycles. The molecule has 0 radical (unpaired) electrons. The molecule has 1 N–H and O–H groups in total. The molecule has 0 saturated carbocycles. The van der Waals surface area contributed by atoms with Gasteiger partial charge >= 0.3 is 0 Å². The SMILES string of the molecule is CCn1nc(C)cc1C(=O)NCC(=O)N1CCC(C)CC1. The van der Waals surface area contributed by atoms with Crippen LogP contribution in [-0.2, 0) is 11.3 Å². The molecule has 1 aliphatic heterocycles. The predicted octanol–water partition coefficient (Wildman–Crippen LogP) is 1.20. The first kappa shape index (κ1) is 15.5. The maximum absolute atomic E-state index is 12.1. The number of carbonyl (C=O) groups is 2. The minimum atomic E-state index is -0.240. The maximum atomic E-state index is 12.1. The summed E-state index contributed by atoms with van der Waals surface area (Å²) in [7, 11) is 0. The summed E-state index contributed by atoms with van der Waals surface area (Å²) in [6.07, 6.45) is 2.09. The first-order valence-electron chi connectivity index (χ1n) is 7.61. The lowest BCUT2D eigenvalue weighted by Crippen LogP contribution is -2.44. The number of rotatable bonds is 4. The average molecular weight is 292 g/mol. The first-order chi connectivity index (χ1) is 10.0. The van der Waals surface area contributed by atoms with E-state index in [0.29, 0.717) is 18.2 Å². The van der Waals surface area contributed by atoms with Crippen molar-refractivity contribution in [3.63, 3.8) is 0 Å². The number of amides is 2. The first-order valence-corrected chi connectivity index (χ1v) is 7.61. The van der Waals surface area contributed by atoms with E-state index in [1.807, 2.05) is 18.7 Å². The van der Waals surface area contributed by atoms with Crippen molar-refractivity contribution in [2.24, 2.45) is 5.92 Å². The van der Waals surface area contributed by atoms with Crippen LogP contribution in [-0.4, -0.2) is 46.1 Å². The molecule has 6 heteroatoms. The standard InChI is InChI=1S/C15H24N4O2/c1-4-19-13(9-12(3)17-19)15(21)16-10-14(20)18-7-5-11(2)6-8-18/h9,11H,4-8,10H2,1-3H3,(H,16,21). The van der Waals surface area contributed by atoms with E-state index in [-0.39, 0.29) is 18.4 Å². The number of aromatic nitrogens is 2. The van der Waals surface area contributed by atoms with Crippen LogP contribution in [0.15, 0.2) is 6.07 Å². The molecule has 1 fully saturated rings. The highest BCUT2D eigenvalue weighted by atomic mass is 16.2. The number of hydrogen-bond donors (Lipinski definition) is 1. The number of nitrogens with zero attached hydrogens (tertiary/aromatic N) is 3. The third-order valence-corrected chi connectivity index (χ3v) is 3.97. The minimum absolute atomic E-state index is 0.00506. The van der Waals surface area contributed by atoms with Gasteiger partial charge in [-0.1, -0.05) is 6.92 Å². The van der Waals surface area contributed by atoms with E-state index in [1.165, 1.54) is 0 Å². The van der Waals surface area contributed by atoms with Gasteiger partial charge in [0.1, 0.15) is 5.69 Å². The summed E-state index contributed by atoms with van der Waals surface area (Å²) in [4.78, 5) is 26.1. The molecule has 1 aliphatic rings. The van der Waals surface area contributed by atoms with Gasteiger partial charge in [0.15, 0.2) is 0 Å². The molecular weight excluding hydrogens is 268 g/mol. The van der Waals surface area contributed by atoms with Crippen LogP contribution < -0.4 is 5.32 Å². The Kier molecular flexibility index (Phi) is 4.98. The second-order valence-corrected chi connectivity index (χ2v) is 5.73. The van der Waals surface area contributed by atoms with Crippen LogP contribution in [0.3, 0.4) is 0 Å². The monoisotopic (exact) mass is 292 g/mol. The van der Waals surface area contributed by atoms with Gasteiger partial charge < -0.3 is 10.2 Å². The molecule has 0 atom stereocenters. The highest BCUT2D eigenvalue weighted by Crippen LogP contribution is 2.15. The molecule has 0 unspecified atom stereocenters. The second kappa shape index (κ2) is 6.74. The van der Waals surface area contributed by atoms with Crippen LogP contribution in [0.2, 0.25) is 0 Å². The van der Waals surface area contributed by atoms with Crippen LogP contribution in [0.25, 0.3) is 0 Å². The van der Waals surface area contributed by atoms with Crippen LogP contribution in [0.4, 0.5) is 0 Å². The highest BCUT2D eigenvalue weighted by Gasteiger charge is 2.21. The van der Waals surface area contributed by atoms with Crippen LogP contribution in [0, 0.1) is 12.8 Å². The summed E-state index contributed by atoms with van der Waals surface area (Å²) in [5.41, 5.74) is 1.31. The number of piperidine rings is 1. The molecule has 0 aromatic carbocycles. The van der Waals surface area contributed by atoms with Gasteiger partial charge in [0.25, 0.3) is 5.91 Å². The number of hydrogen-bond acceptors (Lipinski definition) is 3. The van der Waals surface area contributed by atoms with Crippen molar-refractivity contribution in [3.05, 3.63) is 17.5 Å². The molecule has 2 heterocycles. The van der Waals surface area contributed by atoms with Crippen molar-refractivity contribution in [3.8, 4) is 0 Å². The van der Waals surface area contributed by atoms with Crippen molar-refractivity contribution in [1.82, 2.24) is 20.0 Å². The number of nitrogens with one attached hydrogen (secondary N) is 1. The highest BCUT2D eigenvalue weighted by molar-refractivity contribution is 5.95. The molecule has 1 aromatic heterocycles. The Morgan fingerprint density at radius 2 is 2.05 bits per heavy atom. The van der Waals surface area contributed by atoms with E-state index in [4.69, 9.17) is 0 Å². The van der Waals surface area contributed by atoms with E-state index in [1.54, 1.807) is 10.7 Å². The number of likely N-dealkylation sites (tertiary alicyclic amines) is 1. The molecule has 0 aliphatic carbocycles. The van der Waals surface area contributed by atoms with E-state index in [0.717, 1.165) is 31.6 Å². The van der Waals surface area contributed by atoms with Gasteiger partial charge in [0.05, 0.1) is 12.2 Å². The fourth-order valence-corrected chi connectivity index (χ4v) is 2.59. The zero-order chi connectivity index (χ0) is 15.4. The van der Waals surface area contributed by atoms with Gasteiger partial charge in [-0.3, -0.25) is 14.3 Å². The molecule has 116 valence electrons. The van der Waals surface area contributed by atoms with Gasteiger partial charge in [0.2, 0.25) is 5.91 Å². The zero-order valence-corrected chi connectivity index (χ0v) is 13.1. The zero-order valence-electron chi connectivity index (χ0n) is 13.1. The van der Waals surface area contributed by atoms with Crippen LogP contribution in [0.5, 0.6) is 0 Å². The third-order valence-electron chi connectivity index (χ3n) is 3.97. The Bertz CT molecular complexity index is 516. The number of carbonyl (C=O) groups excluding carboxylic acids is 2. The Morgan fingerprint density at radius 1 is 1.38 bits per heavy atom. The van der Waals surface area contributed by atoms with Gasteiger partial charge in [-0.25, -0.2) is 0 Å². The Morgan fingerprint density at radius 3 is 2.67 bits per heavy atom. The van der Waals surface area contributed by atoms with E-state index in [2.05, 4.69) is 17.3 Å². The van der Waals surface area contributed by atoms with Crippen molar-refractivity contribution >= 4 is 11.8 Å². The smallest absolute Gasteiger partial charge is 0.269 e. The van der Waals surface area contributed by atoms with Crippen LogP contribution >= 0.6 is 0 Å². The fraction of sp³-hybridized carbons (Fsp3) is 0.667. The van der Waals surface area contributed by atoms with Gasteiger partial charge in [-0.2, -0.15) is 5.10 Å². The third kappa shape index (κ3) is 3.83. The largest absolute Gasteiger partial charge is 0.342 e. The molecule has 0 bridgehead atoms. The topological polar surface area (TPSA) is 67.2 Å². The second-order valence-electron chi connectivity index (χ2n) is 5.73. The lowest BCUT2D eigenvalue weighted by atomic mass is 9.99. The van der Waals surface area contributed by atoms with Gasteiger partial charge in [-0.05, 0) is 38.7 Å². The van der Waals surface area contributed by atoms with Crippen LogP contribution in [0.1, 0.15) is 42.9 Å². The Hall–Kier alpha value is -1.85. The molecule has 2 amide bonds. The Labute approximate surface area is 125 Å². The van der Waals surface area contributed by atoms with E-state index in [9.17, 15) is 9.59 Å². The van der Waals surface area contributed by atoms with E-state index >= 15 is 0 Å². The lowest BCUT2D eigenvalue weighted by molar-refractivity contribution is -0.131. The summed E-state index contributed by atoms with van der Waals surface area (Å²) in [6, 6.07) is 1.74. The summed E-state index contributed by atoms with van der Waals surface area (Å²) < 4.78 is 1.65. The Balaban J connectivity index is 1.87. The summed E-state index contributed by atoms with van der Waals surface area (Å²) >= 11 is 0. The summed E-state index contributed by atoms with van der Waals surface area (Å²) in [6.45, 7) is 8.27. The summed E-state index contributed by atoms with van der Waals surface area (Å²) in [5, 5.41) is 6.94. The van der Waals surface area contributed by atoms with E-state index < -0.39 is 0 Å². The summed E-state index contributed by atoms with van der Waals surface area (Å²) in [5.74, 6) is 0.441. The van der Waals surface area contributed by atoms with Crippen molar-refractivity contribution in [1.29, 1.82) is 0 Å².